The molecule has 202 valence electrons. The first kappa shape index (κ1) is 27.1. The van der Waals surface area contributed by atoms with Crippen molar-refractivity contribution < 1.29 is 49.0 Å². The molecule has 11 nitrogen and oxygen atoms in total. The zero-order valence-electron chi connectivity index (χ0n) is 21.3. The van der Waals surface area contributed by atoms with E-state index >= 15 is 0 Å². The molecule has 2 heterocycles. The molecule has 37 heavy (non-hydrogen) atoms. The number of carbonyl (C=O) groups excluding carboxylic acids is 2. The standard InChI is InChI=1S/C26H33NO10/c1-13-5-6-16(12-28)21-20(13)25-9-10-27(4)15(3)26(25,34)8-7-18(22(25)37-21)36-23(32)14(2)35-24(33)17(29)11-19(30)31/h5-7,14-15,17,22,28-29,34H,8-12H2,1-4H3,(H,30,31)/t14-,15+,17-,22-,25-,26+/m0/s1. The second kappa shape index (κ2) is 9.71. The molecule has 0 aromatic heterocycles. The Morgan fingerprint density at radius 2 is 1.97 bits per heavy atom. The van der Waals surface area contributed by atoms with E-state index < -0.39 is 53.7 Å². The van der Waals surface area contributed by atoms with Gasteiger partial charge in [-0.15, -0.1) is 0 Å². The minimum atomic E-state index is -1.92. The molecule has 1 aromatic rings. The molecule has 1 fully saturated rings. The summed E-state index contributed by atoms with van der Waals surface area (Å²) < 4.78 is 17.0. The highest BCUT2D eigenvalue weighted by atomic mass is 16.6. The number of aliphatic hydroxyl groups is 3. The number of hydrogen-bond donors (Lipinski definition) is 4. The van der Waals surface area contributed by atoms with Crippen LogP contribution in [0.2, 0.25) is 0 Å². The van der Waals surface area contributed by atoms with Gasteiger partial charge in [-0.2, -0.15) is 0 Å². The van der Waals surface area contributed by atoms with Crippen LogP contribution in [0.5, 0.6) is 5.75 Å². The molecule has 1 spiro atoms. The number of carboxylic acids is 1. The number of carbonyl (C=O) groups is 3. The molecule has 3 aliphatic rings. The number of esters is 2. The molecule has 2 aliphatic heterocycles. The maximum absolute atomic E-state index is 12.9. The Balaban J connectivity index is 1.67. The first-order valence-electron chi connectivity index (χ1n) is 12.2. The minimum absolute atomic E-state index is 0.153. The molecule has 4 rings (SSSR count). The zero-order valence-corrected chi connectivity index (χ0v) is 21.3. The molecule has 0 bridgehead atoms. The van der Waals surface area contributed by atoms with Crippen LogP contribution in [0, 0.1) is 6.92 Å². The van der Waals surface area contributed by atoms with Crippen molar-refractivity contribution in [1.29, 1.82) is 0 Å². The first-order chi connectivity index (χ1) is 17.4. The second-order valence-electron chi connectivity index (χ2n) is 10.1. The number of aliphatic carboxylic acids is 1. The summed E-state index contributed by atoms with van der Waals surface area (Å²) >= 11 is 0. The van der Waals surface area contributed by atoms with E-state index in [1.165, 1.54) is 6.92 Å². The Labute approximate surface area is 214 Å². The molecule has 0 radical (unpaired) electrons. The van der Waals surface area contributed by atoms with Crippen molar-refractivity contribution in [2.24, 2.45) is 0 Å². The number of nitrogens with zero attached hydrogens (tertiary/aromatic N) is 1. The molecule has 1 aromatic carbocycles. The SMILES string of the molecule is Cc1ccc(CO)c2c1[C@]13CCN(C)[C@H](C)[C@]1(O)CC=C(OC(=O)[C@H](C)OC(=O)[C@@H](O)CC(=O)O)[C@@H]3O2. The maximum atomic E-state index is 12.9. The van der Waals surface area contributed by atoms with Crippen molar-refractivity contribution in [2.75, 3.05) is 13.6 Å². The van der Waals surface area contributed by atoms with Crippen molar-refractivity contribution >= 4 is 17.9 Å². The van der Waals surface area contributed by atoms with Gasteiger partial charge >= 0.3 is 17.9 Å². The molecule has 1 aliphatic carbocycles. The van der Waals surface area contributed by atoms with E-state index in [-0.39, 0.29) is 24.8 Å². The van der Waals surface area contributed by atoms with Crippen molar-refractivity contribution in [3.8, 4) is 5.75 Å². The molecule has 4 N–H and O–H groups in total. The minimum Gasteiger partial charge on any atom is -0.481 e. The Hall–Kier alpha value is -2.99. The molecule has 0 unspecified atom stereocenters. The number of aryl methyl sites for hydroxylation is 1. The average molecular weight is 520 g/mol. The van der Waals surface area contributed by atoms with Gasteiger partial charge in [0.1, 0.15) is 11.5 Å². The number of piperidine rings is 1. The number of likely N-dealkylation sites (N-methyl/N-ethyl adjacent to an activating group) is 1. The van der Waals surface area contributed by atoms with E-state index in [1.807, 2.05) is 27.0 Å². The van der Waals surface area contributed by atoms with Gasteiger partial charge in [-0.25, -0.2) is 9.59 Å². The quantitative estimate of drug-likeness (QED) is 0.372. The van der Waals surface area contributed by atoms with Gasteiger partial charge in [0, 0.05) is 23.6 Å². The molecule has 6 atom stereocenters. The Morgan fingerprint density at radius 1 is 1.27 bits per heavy atom. The molecule has 1 saturated heterocycles. The predicted octanol–water partition coefficient (Wildman–Crippen LogP) is 0.539. The van der Waals surface area contributed by atoms with Gasteiger partial charge in [0.05, 0.1) is 24.0 Å². The van der Waals surface area contributed by atoms with Crippen LogP contribution in [0.15, 0.2) is 24.0 Å². The van der Waals surface area contributed by atoms with Crippen LogP contribution in [0.1, 0.15) is 49.8 Å². The van der Waals surface area contributed by atoms with Crippen molar-refractivity contribution in [3.63, 3.8) is 0 Å². The smallest absolute Gasteiger partial charge is 0.352 e. The van der Waals surface area contributed by atoms with E-state index in [4.69, 9.17) is 19.3 Å². The van der Waals surface area contributed by atoms with Gasteiger partial charge in [-0.1, -0.05) is 12.1 Å². The fraction of sp³-hybridized carbons (Fsp3) is 0.577. The van der Waals surface area contributed by atoms with E-state index in [1.54, 1.807) is 12.1 Å². The summed E-state index contributed by atoms with van der Waals surface area (Å²) in [6, 6.07) is 3.38. The van der Waals surface area contributed by atoms with Gasteiger partial charge in [0.25, 0.3) is 0 Å². The summed E-state index contributed by atoms with van der Waals surface area (Å²) in [5.74, 6) is -2.98. The van der Waals surface area contributed by atoms with Crippen LogP contribution in [-0.4, -0.2) is 86.8 Å². The number of ether oxygens (including phenoxy) is 3. The Kier molecular flexibility index (Phi) is 7.10. The summed E-state index contributed by atoms with van der Waals surface area (Å²) in [5.41, 5.74) is -0.0230. The fourth-order valence-electron chi connectivity index (χ4n) is 5.95. The average Bonchev–Trinajstić information content (AvgIpc) is 3.20. The topological polar surface area (TPSA) is 163 Å². The number of benzene rings is 1. The highest BCUT2D eigenvalue weighted by Gasteiger charge is 2.69. The number of rotatable bonds is 7. The van der Waals surface area contributed by atoms with Gasteiger partial charge in [0.15, 0.2) is 18.3 Å². The number of fused-ring (bicyclic) bond motifs is 1. The lowest BCUT2D eigenvalue weighted by Gasteiger charge is -2.58. The van der Waals surface area contributed by atoms with E-state index in [2.05, 4.69) is 4.90 Å². The van der Waals surface area contributed by atoms with E-state index in [0.717, 1.165) is 11.1 Å². The lowest BCUT2D eigenvalue weighted by molar-refractivity contribution is -0.176. The third kappa shape index (κ3) is 4.19. The van der Waals surface area contributed by atoms with Crippen molar-refractivity contribution in [1.82, 2.24) is 4.90 Å². The first-order valence-corrected chi connectivity index (χ1v) is 12.2. The molecular formula is C26H33NO10. The zero-order chi connectivity index (χ0) is 27.3. The second-order valence-corrected chi connectivity index (χ2v) is 10.1. The van der Waals surface area contributed by atoms with E-state index in [9.17, 15) is 29.7 Å². The van der Waals surface area contributed by atoms with Gasteiger partial charge in [-0.05, 0) is 52.4 Å². The highest BCUT2D eigenvalue weighted by molar-refractivity contribution is 5.84. The summed E-state index contributed by atoms with van der Waals surface area (Å²) in [6.07, 6.45) is -2.85. The predicted molar refractivity (Wildman–Crippen MR) is 127 cm³/mol. The molecule has 11 heteroatoms. The Morgan fingerprint density at radius 3 is 2.62 bits per heavy atom. The van der Waals surface area contributed by atoms with Gasteiger partial charge in [0.2, 0.25) is 0 Å². The molecule has 0 amide bonds. The van der Waals surface area contributed by atoms with Crippen LogP contribution < -0.4 is 4.74 Å². The largest absolute Gasteiger partial charge is 0.481 e. The van der Waals surface area contributed by atoms with Crippen molar-refractivity contribution in [3.05, 3.63) is 40.7 Å². The summed E-state index contributed by atoms with van der Waals surface area (Å²) in [6.45, 7) is 5.47. The Bertz CT molecular complexity index is 1150. The fourth-order valence-corrected chi connectivity index (χ4v) is 5.95. The number of aliphatic hydroxyl groups excluding tert-OH is 2. The number of likely N-dealkylation sites (tertiary alicyclic amines) is 1. The van der Waals surface area contributed by atoms with Crippen LogP contribution in [0.25, 0.3) is 0 Å². The third-order valence-corrected chi connectivity index (χ3v) is 8.09. The molecule has 0 saturated carbocycles. The lowest BCUT2D eigenvalue weighted by Crippen LogP contribution is -2.71. The van der Waals surface area contributed by atoms with Crippen LogP contribution in [0.4, 0.5) is 0 Å². The highest BCUT2D eigenvalue weighted by Crippen LogP contribution is 2.61. The lowest BCUT2D eigenvalue weighted by atomic mass is 9.54. The normalized spacial score (nSPS) is 30.1. The summed E-state index contributed by atoms with van der Waals surface area (Å²) in [5, 5.41) is 40.6. The summed E-state index contributed by atoms with van der Waals surface area (Å²) in [7, 11) is 1.94. The van der Waals surface area contributed by atoms with Gasteiger partial charge < -0.3 is 39.5 Å². The monoisotopic (exact) mass is 519 g/mol. The third-order valence-electron chi connectivity index (χ3n) is 8.09. The van der Waals surface area contributed by atoms with Crippen LogP contribution >= 0.6 is 0 Å². The number of carboxylic acid groups (broad SMARTS) is 1. The number of hydrogen-bond acceptors (Lipinski definition) is 10. The molecular weight excluding hydrogens is 486 g/mol. The van der Waals surface area contributed by atoms with E-state index in [0.29, 0.717) is 24.3 Å². The van der Waals surface area contributed by atoms with Crippen molar-refractivity contribution in [2.45, 2.75) is 82.0 Å². The van der Waals surface area contributed by atoms with Crippen LogP contribution in [-0.2, 0) is 35.9 Å². The maximum Gasteiger partial charge on any atom is 0.352 e. The van der Waals surface area contributed by atoms with Crippen LogP contribution in [0.3, 0.4) is 0 Å². The van der Waals surface area contributed by atoms with Gasteiger partial charge in [-0.3, -0.25) is 4.79 Å². The summed E-state index contributed by atoms with van der Waals surface area (Å²) in [4.78, 5) is 37.7.